The first-order valence-electron chi connectivity index (χ1n) is 7.41. The molecule has 0 unspecified atom stereocenters. The smallest absolute Gasteiger partial charge is 0.762 e. The van der Waals surface area contributed by atoms with Gasteiger partial charge in [-0.05, 0) is 24.6 Å². The van der Waals surface area contributed by atoms with E-state index < -0.39 is 7.54 Å². The summed E-state index contributed by atoms with van der Waals surface area (Å²) >= 11 is 0. The summed E-state index contributed by atoms with van der Waals surface area (Å²) in [7, 11) is 0.407. The minimum Gasteiger partial charge on any atom is -1.00 e. The fourth-order valence-corrected chi connectivity index (χ4v) is 2.37. The Labute approximate surface area is 144 Å². The molecule has 0 bridgehead atoms. The number of halogens is 4. The molecular formula is C18H18BF4NO. The van der Waals surface area contributed by atoms with Crippen molar-refractivity contribution in [3.05, 3.63) is 65.5 Å². The van der Waals surface area contributed by atoms with Crippen LogP contribution in [0.15, 0.2) is 59.0 Å². The standard InChI is InChI=1S/C18H18NO.BF3.FH/c1-13-11-17(14-7-5-4-6-8-14)20-18-12-15(19(2)3)9-10-16(13)18;2-1(3)4;/h4-12H,1-3H3;;1H/q+1;;/p-1. The molecule has 3 rings (SSSR count). The fourth-order valence-electron chi connectivity index (χ4n) is 2.37. The van der Waals surface area contributed by atoms with Crippen molar-refractivity contribution in [2.24, 2.45) is 0 Å². The minimum absolute atomic E-state index is 0. The van der Waals surface area contributed by atoms with Gasteiger partial charge in [-0.3, -0.25) is 12.9 Å². The molecular weight excluding hydrogens is 333 g/mol. The van der Waals surface area contributed by atoms with Crippen molar-refractivity contribution < 1.29 is 22.1 Å². The number of hydrogen-bond donors (Lipinski definition) is 0. The number of rotatable bonds is 1. The molecule has 0 radical (unpaired) electrons. The van der Waals surface area contributed by atoms with Gasteiger partial charge in [-0.2, -0.15) is 0 Å². The van der Waals surface area contributed by atoms with Crippen LogP contribution in [-0.2, 0) is 0 Å². The van der Waals surface area contributed by atoms with E-state index >= 15 is 0 Å². The average molecular weight is 351 g/mol. The van der Waals surface area contributed by atoms with Crippen molar-refractivity contribution in [3.63, 3.8) is 0 Å². The monoisotopic (exact) mass is 351 g/mol. The van der Waals surface area contributed by atoms with E-state index in [1.54, 1.807) is 0 Å². The molecule has 2 aliphatic rings. The van der Waals surface area contributed by atoms with E-state index in [-0.39, 0.29) is 4.70 Å². The topological polar surface area (TPSA) is 16.1 Å². The zero-order chi connectivity index (χ0) is 17.7. The zero-order valence-electron chi connectivity index (χ0n) is 14.1. The van der Waals surface area contributed by atoms with Crippen molar-refractivity contribution in [1.29, 1.82) is 0 Å². The summed E-state index contributed by atoms with van der Waals surface area (Å²) in [6.45, 7) is 2.12. The molecule has 25 heavy (non-hydrogen) atoms. The maximum absolute atomic E-state index is 9.67. The number of fused-ring (bicyclic) bond motifs is 1. The Bertz CT molecular complexity index is 843. The lowest BCUT2D eigenvalue weighted by Gasteiger charge is -2.10. The van der Waals surface area contributed by atoms with Gasteiger partial charge in [-0.1, -0.05) is 30.3 Å². The molecule has 1 aromatic rings. The summed E-state index contributed by atoms with van der Waals surface area (Å²) in [5.74, 6) is 1.83. The summed E-state index contributed by atoms with van der Waals surface area (Å²) in [6.07, 6.45) is 0. The van der Waals surface area contributed by atoms with Gasteiger partial charge in [0.1, 0.15) is 25.6 Å². The number of hydrogen-bond acceptors (Lipinski definition) is 1. The summed E-state index contributed by atoms with van der Waals surface area (Å²) in [5, 5.41) is 1.14. The van der Waals surface area contributed by atoms with Gasteiger partial charge in [-0.25, -0.2) is 4.58 Å². The Morgan fingerprint density at radius 3 is 2.04 bits per heavy atom. The van der Waals surface area contributed by atoms with Crippen molar-refractivity contribution in [2.75, 3.05) is 14.1 Å². The molecule has 0 saturated carbocycles. The van der Waals surface area contributed by atoms with Gasteiger partial charge in [0, 0.05) is 17.2 Å². The Morgan fingerprint density at radius 2 is 1.48 bits per heavy atom. The van der Waals surface area contributed by atoms with Gasteiger partial charge in [0.25, 0.3) is 0 Å². The van der Waals surface area contributed by atoms with Crippen LogP contribution < -0.4 is 14.6 Å². The average Bonchev–Trinajstić information content (AvgIpc) is 2.54. The molecule has 0 fully saturated rings. The highest BCUT2D eigenvalue weighted by atomic mass is 19.4. The van der Waals surface area contributed by atoms with Crippen LogP contribution in [0.2, 0.25) is 0 Å². The molecule has 2 nitrogen and oxygen atoms in total. The molecule has 0 atom stereocenters. The molecule has 1 aliphatic carbocycles. The maximum Gasteiger partial charge on any atom is 0.762 e. The molecule has 0 spiro atoms. The van der Waals surface area contributed by atoms with Crippen molar-refractivity contribution in [1.82, 2.24) is 4.58 Å². The first-order valence-corrected chi connectivity index (χ1v) is 7.41. The van der Waals surface area contributed by atoms with Gasteiger partial charge in [0.05, 0.1) is 6.07 Å². The molecule has 0 saturated heterocycles. The predicted molar refractivity (Wildman–Crippen MR) is 91.7 cm³/mol. The van der Waals surface area contributed by atoms with Crippen LogP contribution in [0, 0.1) is 6.92 Å². The van der Waals surface area contributed by atoms with Gasteiger partial charge in [-0.15, -0.1) is 0 Å². The molecule has 1 aliphatic heterocycles. The predicted octanol–water partition coefficient (Wildman–Crippen LogP) is 1.28. The SMILES string of the molecule is Cc1cc(-c2ccccc2)oc2cc(=[N+](C)C)ccc1-2.FB(F)F.[F-]. The first kappa shape index (κ1) is 20.5. The van der Waals surface area contributed by atoms with E-state index in [0.29, 0.717) is 0 Å². The molecule has 0 aromatic heterocycles. The maximum atomic E-state index is 9.67. The Morgan fingerprint density at radius 1 is 0.880 bits per heavy atom. The van der Waals surface area contributed by atoms with Crippen LogP contribution in [0.3, 0.4) is 0 Å². The Balaban J connectivity index is 0.000000568. The second-order valence-corrected chi connectivity index (χ2v) is 5.48. The fraction of sp³-hybridized carbons (Fsp3) is 0.167. The molecule has 0 amide bonds. The quantitative estimate of drug-likeness (QED) is 0.367. The number of benzene rings is 2. The van der Waals surface area contributed by atoms with Crippen LogP contribution in [0.5, 0.6) is 0 Å². The normalized spacial score (nSPS) is 9.68. The summed E-state index contributed by atoms with van der Waals surface area (Å²) in [5.41, 5.74) is 3.50. The first-order chi connectivity index (χ1) is 11.4. The van der Waals surface area contributed by atoms with E-state index in [1.807, 2.05) is 32.3 Å². The Hall–Kier alpha value is -2.57. The van der Waals surface area contributed by atoms with Crippen LogP contribution in [0.25, 0.3) is 22.6 Å². The van der Waals surface area contributed by atoms with Gasteiger partial charge in [0.2, 0.25) is 5.36 Å². The molecule has 7 heteroatoms. The summed E-state index contributed by atoms with van der Waals surface area (Å²) in [6, 6.07) is 18.6. The lowest BCUT2D eigenvalue weighted by Crippen LogP contribution is -3.00. The highest BCUT2D eigenvalue weighted by Gasteiger charge is 2.12. The molecule has 1 heterocycles. The number of nitrogens with zero attached hydrogens (tertiary/aromatic N) is 1. The highest BCUT2D eigenvalue weighted by Crippen LogP contribution is 2.30. The van der Waals surface area contributed by atoms with Crippen LogP contribution in [0.4, 0.5) is 12.9 Å². The van der Waals surface area contributed by atoms with E-state index in [0.717, 1.165) is 28.0 Å². The third-order valence-electron chi connectivity index (χ3n) is 3.53. The van der Waals surface area contributed by atoms with Crippen molar-refractivity contribution >= 4 is 7.54 Å². The molecule has 132 valence electrons. The van der Waals surface area contributed by atoms with Crippen LogP contribution >= 0.6 is 0 Å². The third kappa shape index (κ3) is 5.48. The zero-order valence-corrected chi connectivity index (χ0v) is 14.1. The van der Waals surface area contributed by atoms with E-state index in [1.165, 1.54) is 5.56 Å². The summed E-state index contributed by atoms with van der Waals surface area (Å²) in [4.78, 5) is 0. The van der Waals surface area contributed by atoms with E-state index in [4.69, 9.17) is 4.42 Å². The van der Waals surface area contributed by atoms with Gasteiger partial charge < -0.3 is 9.12 Å². The van der Waals surface area contributed by atoms with Crippen LogP contribution in [0.1, 0.15) is 5.56 Å². The molecule has 1 aromatic carbocycles. The number of aryl methyl sites for hydroxylation is 1. The Kier molecular flexibility index (Phi) is 7.42. The second-order valence-electron chi connectivity index (χ2n) is 5.48. The molecule has 0 N–H and O–H groups in total. The van der Waals surface area contributed by atoms with E-state index in [2.05, 4.69) is 47.9 Å². The third-order valence-corrected chi connectivity index (χ3v) is 3.53. The van der Waals surface area contributed by atoms with Crippen molar-refractivity contribution in [2.45, 2.75) is 6.92 Å². The second kappa shape index (κ2) is 9.06. The van der Waals surface area contributed by atoms with Gasteiger partial charge in [0.15, 0.2) is 0 Å². The van der Waals surface area contributed by atoms with Gasteiger partial charge >= 0.3 is 7.54 Å². The van der Waals surface area contributed by atoms with Crippen molar-refractivity contribution in [3.8, 4) is 22.6 Å². The van der Waals surface area contributed by atoms with E-state index in [9.17, 15) is 12.9 Å². The van der Waals surface area contributed by atoms with Crippen LogP contribution in [-0.4, -0.2) is 21.6 Å². The summed E-state index contributed by atoms with van der Waals surface area (Å²) < 4.78 is 37.2. The highest BCUT2D eigenvalue weighted by molar-refractivity contribution is 6.33. The lowest BCUT2D eigenvalue weighted by atomic mass is 10.0. The minimum atomic E-state index is -3.67. The largest absolute Gasteiger partial charge is 1.00 e. The lowest BCUT2D eigenvalue weighted by molar-refractivity contribution is -0.00000826.